The van der Waals surface area contributed by atoms with Crippen molar-refractivity contribution in [2.24, 2.45) is 7.05 Å². The van der Waals surface area contributed by atoms with Crippen LogP contribution in [0.15, 0.2) is 83.7 Å². The Bertz CT molecular complexity index is 2720. The van der Waals surface area contributed by atoms with E-state index < -0.39 is 18.0 Å². The maximum absolute atomic E-state index is 13.8. The van der Waals surface area contributed by atoms with Gasteiger partial charge in [-0.05, 0) is 90.0 Å². The van der Waals surface area contributed by atoms with Crippen molar-refractivity contribution >= 4 is 57.6 Å². The summed E-state index contributed by atoms with van der Waals surface area (Å²) in [5.74, 6) is -1.11. The highest BCUT2D eigenvalue weighted by Crippen LogP contribution is 2.38. The molecule has 0 bridgehead atoms. The highest BCUT2D eigenvalue weighted by atomic mass is 16.2. The number of piperidine rings is 1. The number of benzene rings is 4. The zero-order valence-corrected chi connectivity index (χ0v) is 35.8. The normalized spacial score (nSPS) is 19.4. The monoisotopic (exact) mass is 852 g/mol. The second-order valence-electron chi connectivity index (χ2n) is 16.9. The summed E-state index contributed by atoms with van der Waals surface area (Å²) in [6.07, 6.45) is 2.59. The number of aryl methyl sites for hydroxylation is 1. The molecule has 16 heteroatoms. The maximum Gasteiger partial charge on any atom is 0.329 e. The Kier molecular flexibility index (Phi) is 11.4. The summed E-state index contributed by atoms with van der Waals surface area (Å²) in [6, 6.07) is 23.7. The highest BCUT2D eigenvalue weighted by molar-refractivity contribution is 6.01. The van der Waals surface area contributed by atoms with Crippen molar-refractivity contribution in [3.63, 3.8) is 0 Å². The molecular formula is C47H52N10O6. The number of para-hydroxylation sites is 1. The molecule has 5 amide bonds. The number of imidazole rings is 1. The smallest absolute Gasteiger partial charge is 0.329 e. The lowest BCUT2D eigenvalue weighted by Gasteiger charge is -2.35. The van der Waals surface area contributed by atoms with Crippen LogP contribution in [0.5, 0.6) is 0 Å². The van der Waals surface area contributed by atoms with Crippen LogP contribution in [-0.4, -0.2) is 102 Å². The fraction of sp³-hybridized carbons (Fsp3) is 0.362. The van der Waals surface area contributed by atoms with Gasteiger partial charge in [0, 0.05) is 102 Å². The number of carbonyl (C=O) groups is 5. The van der Waals surface area contributed by atoms with E-state index in [-0.39, 0.29) is 35.7 Å². The van der Waals surface area contributed by atoms with Crippen LogP contribution >= 0.6 is 0 Å². The zero-order valence-electron chi connectivity index (χ0n) is 35.8. The Morgan fingerprint density at radius 3 is 2.38 bits per heavy atom. The first kappa shape index (κ1) is 41.7. The van der Waals surface area contributed by atoms with E-state index in [2.05, 4.69) is 55.4 Å². The molecule has 3 saturated heterocycles. The highest BCUT2D eigenvalue weighted by Gasteiger charge is 2.34. The SMILES string of the molecule is CNC(=O)c1cccc(NC(=O)C2NN(C)c3ccc(-c4ccc(N5CCCC5=O)cc4CN4CCN(CCc5cccc6c5n(C)c(=O)n6C5CCC(=O)NC5=O)CC4)cc32)c1. The number of hydrazine groups is 1. The van der Waals surface area contributed by atoms with Crippen molar-refractivity contribution in [1.82, 2.24) is 35.0 Å². The number of amides is 5. The molecule has 5 heterocycles. The minimum absolute atomic E-state index is 0.131. The average Bonchev–Trinajstić information content (AvgIpc) is 3.95. The lowest BCUT2D eigenvalue weighted by molar-refractivity contribution is -0.135. The summed E-state index contributed by atoms with van der Waals surface area (Å²) in [6.45, 7) is 5.55. The van der Waals surface area contributed by atoms with E-state index in [0.29, 0.717) is 42.7 Å². The van der Waals surface area contributed by atoms with Crippen molar-refractivity contribution in [1.29, 1.82) is 0 Å². The van der Waals surface area contributed by atoms with E-state index in [1.165, 1.54) is 4.57 Å². The van der Waals surface area contributed by atoms with Crippen molar-refractivity contribution in [3.8, 4) is 11.1 Å². The van der Waals surface area contributed by atoms with Crippen molar-refractivity contribution in [3.05, 3.63) is 112 Å². The number of imide groups is 1. The Labute approximate surface area is 364 Å². The summed E-state index contributed by atoms with van der Waals surface area (Å²) in [5.41, 5.74) is 12.2. The van der Waals surface area contributed by atoms with Gasteiger partial charge in [-0.2, -0.15) is 0 Å². The molecule has 0 radical (unpaired) electrons. The minimum Gasteiger partial charge on any atom is -0.355 e. The van der Waals surface area contributed by atoms with Gasteiger partial charge in [-0.3, -0.25) is 43.3 Å². The van der Waals surface area contributed by atoms with Crippen LogP contribution in [0.2, 0.25) is 0 Å². The third kappa shape index (κ3) is 8.12. The Balaban J connectivity index is 0.914. The molecule has 63 heavy (non-hydrogen) atoms. The van der Waals surface area contributed by atoms with Gasteiger partial charge >= 0.3 is 5.69 Å². The molecule has 3 fully saturated rings. The quantitative estimate of drug-likeness (QED) is 0.144. The van der Waals surface area contributed by atoms with Crippen molar-refractivity contribution < 1.29 is 24.0 Å². The molecule has 4 aliphatic rings. The number of hydrogen-bond acceptors (Lipinski definition) is 10. The van der Waals surface area contributed by atoms with E-state index in [1.807, 2.05) is 47.3 Å². The van der Waals surface area contributed by atoms with E-state index in [4.69, 9.17) is 0 Å². The van der Waals surface area contributed by atoms with Gasteiger partial charge < -0.3 is 25.4 Å². The van der Waals surface area contributed by atoms with Gasteiger partial charge in [0.05, 0.1) is 16.7 Å². The number of anilines is 3. The first-order valence-corrected chi connectivity index (χ1v) is 21.6. The number of carbonyl (C=O) groups excluding carboxylic acids is 5. The van der Waals surface area contributed by atoms with Crippen LogP contribution in [0.1, 0.15) is 64.8 Å². The van der Waals surface area contributed by atoms with Gasteiger partial charge in [0.2, 0.25) is 23.6 Å². The Morgan fingerprint density at radius 2 is 1.62 bits per heavy atom. The standard InChI is InChI=1S/C47H52N10O6/c1-48-44(60)31-8-4-9-33(25-31)49-46(62)42-36-27-30(12-15-37(36)53(3)51-42)35-14-13-34(56-19-6-11-41(56)59)26-32(35)28-55-23-21-54(22-24-55)20-18-29-7-5-10-38-43(29)52(2)47(63)57(38)39-16-17-40(58)50-45(39)61/h4-5,7-10,12-15,25-27,39,42,51H,6,11,16-24,28H2,1-3H3,(H,48,60)(H,49,62)(H,50,58,61). The average molecular weight is 853 g/mol. The third-order valence-electron chi connectivity index (χ3n) is 13.0. The summed E-state index contributed by atoms with van der Waals surface area (Å²) in [4.78, 5) is 83.8. The third-order valence-corrected chi connectivity index (χ3v) is 13.0. The maximum atomic E-state index is 13.8. The molecule has 4 aliphatic heterocycles. The molecule has 9 rings (SSSR count). The number of hydrogen-bond donors (Lipinski definition) is 4. The number of nitrogens with zero attached hydrogens (tertiary/aromatic N) is 6. The number of piperazine rings is 1. The number of rotatable bonds is 11. The molecule has 0 spiro atoms. The molecule has 4 N–H and O–H groups in total. The van der Waals surface area contributed by atoms with Gasteiger partial charge in [-0.1, -0.05) is 30.3 Å². The van der Waals surface area contributed by atoms with E-state index in [1.54, 1.807) is 42.9 Å². The van der Waals surface area contributed by atoms with E-state index >= 15 is 0 Å². The van der Waals surface area contributed by atoms with E-state index in [9.17, 15) is 28.8 Å². The van der Waals surface area contributed by atoms with Crippen LogP contribution in [0, 0.1) is 0 Å². The number of aromatic nitrogens is 2. The summed E-state index contributed by atoms with van der Waals surface area (Å²) in [5, 5.41) is 9.85. The van der Waals surface area contributed by atoms with Gasteiger partial charge in [0.15, 0.2) is 0 Å². The molecule has 5 aromatic rings. The summed E-state index contributed by atoms with van der Waals surface area (Å²) in [7, 11) is 5.19. The van der Waals surface area contributed by atoms with Gasteiger partial charge in [-0.15, -0.1) is 0 Å². The first-order chi connectivity index (χ1) is 30.5. The predicted molar refractivity (Wildman–Crippen MR) is 240 cm³/mol. The second-order valence-corrected chi connectivity index (χ2v) is 16.9. The Hall–Kier alpha value is -6.62. The van der Waals surface area contributed by atoms with Crippen molar-refractivity contribution in [2.45, 2.75) is 50.7 Å². The van der Waals surface area contributed by atoms with Gasteiger partial charge in [-0.25, -0.2) is 10.2 Å². The van der Waals surface area contributed by atoms with Gasteiger partial charge in [0.25, 0.3) is 5.91 Å². The number of fused-ring (bicyclic) bond motifs is 2. The molecule has 1 aromatic heterocycles. The predicted octanol–water partition coefficient (Wildman–Crippen LogP) is 3.47. The fourth-order valence-electron chi connectivity index (χ4n) is 9.61. The first-order valence-electron chi connectivity index (χ1n) is 21.6. The number of nitrogens with one attached hydrogen (secondary N) is 4. The van der Waals surface area contributed by atoms with Gasteiger partial charge in [0.1, 0.15) is 12.1 Å². The second kappa shape index (κ2) is 17.3. The fourth-order valence-corrected chi connectivity index (χ4v) is 9.61. The topological polar surface area (TPSA) is 173 Å². The minimum atomic E-state index is -0.726. The Morgan fingerprint density at radius 1 is 0.825 bits per heavy atom. The molecule has 4 aromatic carbocycles. The summed E-state index contributed by atoms with van der Waals surface area (Å²) >= 11 is 0. The molecule has 2 unspecified atom stereocenters. The zero-order chi connectivity index (χ0) is 43.9. The van der Waals surface area contributed by atoms with Crippen LogP contribution in [-0.2, 0) is 39.2 Å². The molecule has 2 atom stereocenters. The van der Waals surface area contributed by atoms with Crippen LogP contribution < -0.4 is 37.0 Å². The summed E-state index contributed by atoms with van der Waals surface area (Å²) < 4.78 is 3.15. The van der Waals surface area contributed by atoms with Crippen LogP contribution in [0.3, 0.4) is 0 Å². The molecular weight excluding hydrogens is 801 g/mol. The molecule has 326 valence electrons. The van der Waals surface area contributed by atoms with Crippen molar-refractivity contribution in [2.75, 3.05) is 68.6 Å². The molecule has 16 nitrogen and oxygen atoms in total. The van der Waals surface area contributed by atoms with E-state index in [0.717, 1.165) is 90.3 Å². The van der Waals surface area contributed by atoms with Crippen LogP contribution in [0.4, 0.5) is 17.1 Å². The molecule has 0 aliphatic carbocycles. The lowest BCUT2D eigenvalue weighted by atomic mass is 9.94. The largest absolute Gasteiger partial charge is 0.355 e. The molecule has 0 saturated carbocycles. The lowest BCUT2D eigenvalue weighted by Crippen LogP contribution is -2.46. The van der Waals surface area contributed by atoms with Crippen LogP contribution in [0.25, 0.3) is 22.2 Å².